The molecule has 5 rings (SSSR count). The van der Waals surface area contributed by atoms with Crippen LogP contribution in [0.3, 0.4) is 0 Å². The van der Waals surface area contributed by atoms with Gasteiger partial charge in [0, 0.05) is 17.5 Å². The number of nitrogens with zero attached hydrogens (tertiary/aromatic N) is 6. The molecule has 0 saturated carbocycles. The molecular weight excluding hydrogens is 560 g/mol. The van der Waals surface area contributed by atoms with Gasteiger partial charge in [0.05, 0.1) is 24.2 Å². The van der Waals surface area contributed by atoms with E-state index in [1.54, 1.807) is 38.1 Å². The number of hydrogen-bond donors (Lipinski definition) is 3. The first-order valence-corrected chi connectivity index (χ1v) is 13.7. The van der Waals surface area contributed by atoms with Gasteiger partial charge in [-0.2, -0.15) is 20.3 Å². The number of fused-ring (bicyclic) bond motifs is 1. The molecule has 3 N–H and O–H groups in total. The molecule has 0 saturated heterocycles. The van der Waals surface area contributed by atoms with Crippen LogP contribution in [0.5, 0.6) is 17.2 Å². The summed E-state index contributed by atoms with van der Waals surface area (Å²) in [6.07, 6.45) is 0. The van der Waals surface area contributed by atoms with E-state index in [9.17, 15) is 23.8 Å². The Hall–Kier alpha value is -5.01. The number of azo groups is 2. The van der Waals surface area contributed by atoms with E-state index < -0.39 is 17.1 Å². The normalized spacial score (nSPS) is 16.1. The number of hydrogen-bond acceptors (Lipinski definition) is 10. The molecule has 42 heavy (non-hydrogen) atoms. The lowest BCUT2D eigenvalue weighted by atomic mass is 10.0. The first-order valence-electron chi connectivity index (χ1n) is 12.6. The molecule has 1 amide bonds. The highest BCUT2D eigenvalue weighted by Gasteiger charge is 2.34. The summed E-state index contributed by atoms with van der Waals surface area (Å²) in [6, 6.07) is 15.8. The minimum Gasteiger partial charge on any atom is -0.506 e. The van der Waals surface area contributed by atoms with Gasteiger partial charge < -0.3 is 19.5 Å². The second-order valence-corrected chi connectivity index (χ2v) is 10.5. The first-order chi connectivity index (χ1) is 20.1. The van der Waals surface area contributed by atoms with E-state index in [4.69, 9.17) is 4.74 Å². The van der Waals surface area contributed by atoms with Crippen LogP contribution in [-0.2, 0) is 15.9 Å². The average molecular weight is 587 g/mol. The fourth-order valence-electron chi connectivity index (χ4n) is 4.38. The van der Waals surface area contributed by atoms with Crippen molar-refractivity contribution >= 4 is 56.2 Å². The van der Waals surface area contributed by atoms with Crippen molar-refractivity contribution in [1.82, 2.24) is 0 Å². The summed E-state index contributed by atoms with van der Waals surface area (Å²) in [7, 11) is 1.31. The third-order valence-electron chi connectivity index (χ3n) is 6.63. The van der Waals surface area contributed by atoms with Gasteiger partial charge in [-0.3, -0.25) is 4.79 Å². The summed E-state index contributed by atoms with van der Waals surface area (Å²) < 4.78 is 26.0. The van der Waals surface area contributed by atoms with Gasteiger partial charge in [-0.1, -0.05) is 23.8 Å². The number of benzene rings is 4. The number of carbonyl (C=O) groups excluding carboxylic acids is 1. The maximum atomic E-state index is 13.0. The molecule has 13 heteroatoms. The topological polar surface area (TPSA) is 169 Å². The van der Waals surface area contributed by atoms with E-state index in [0.717, 1.165) is 11.6 Å². The zero-order valence-corrected chi connectivity index (χ0v) is 23.8. The average Bonchev–Trinajstić information content (AvgIpc) is 3.25. The molecule has 0 aromatic heterocycles. The van der Waals surface area contributed by atoms with Crippen molar-refractivity contribution in [2.24, 2.45) is 25.6 Å². The molecule has 12 nitrogen and oxygen atoms in total. The fraction of sp³-hybridized carbons (Fsp3) is 0.172. The van der Waals surface area contributed by atoms with E-state index in [1.165, 1.54) is 18.2 Å². The predicted molar refractivity (Wildman–Crippen MR) is 158 cm³/mol. The number of methoxy groups -OCH3 is 1. The molecule has 4 aromatic rings. The van der Waals surface area contributed by atoms with Gasteiger partial charge in [-0.15, -0.1) is 10.2 Å². The van der Waals surface area contributed by atoms with Crippen LogP contribution < -0.4 is 9.75 Å². The molecule has 1 heterocycles. The van der Waals surface area contributed by atoms with Gasteiger partial charge in [-0.25, -0.2) is 4.21 Å². The number of ether oxygens (including phenoxy) is 1. The highest BCUT2D eigenvalue weighted by Crippen LogP contribution is 2.42. The van der Waals surface area contributed by atoms with Crippen molar-refractivity contribution < 1.29 is 28.5 Å². The maximum Gasteiger partial charge on any atom is 0.280 e. The summed E-state index contributed by atoms with van der Waals surface area (Å²) >= 11 is -2.38. The number of anilines is 1. The summed E-state index contributed by atoms with van der Waals surface area (Å²) in [5, 5.41) is 44.9. The number of rotatable bonds is 7. The molecule has 0 spiro atoms. The van der Waals surface area contributed by atoms with Crippen LogP contribution in [0.2, 0.25) is 0 Å². The summed E-state index contributed by atoms with van der Waals surface area (Å²) in [6.45, 7) is 5.42. The maximum absolute atomic E-state index is 13.0. The molecule has 0 fully saturated rings. The SMILES string of the molecule is COc1cc(N=Nc2c(C)cc3ccc(N=NC4C(=O)N(c5ccc(C)cc5)N=C4C)cc3c2O)c(O)cc1S(=O)O. The zero-order chi connectivity index (χ0) is 30.1. The van der Waals surface area contributed by atoms with Crippen molar-refractivity contribution in [3.8, 4) is 17.2 Å². The predicted octanol–water partition coefficient (Wildman–Crippen LogP) is 6.75. The van der Waals surface area contributed by atoms with Gasteiger partial charge in [-0.05, 0) is 62.1 Å². The number of amides is 1. The lowest BCUT2D eigenvalue weighted by Crippen LogP contribution is -2.29. The number of carbonyl (C=O) groups is 1. The minimum absolute atomic E-state index is 0.0274. The Morgan fingerprint density at radius 1 is 0.952 bits per heavy atom. The Balaban J connectivity index is 1.43. The summed E-state index contributed by atoms with van der Waals surface area (Å²) in [5.74, 6) is -0.843. The Bertz CT molecular complexity index is 1840. The van der Waals surface area contributed by atoms with Gasteiger partial charge >= 0.3 is 0 Å². The highest BCUT2D eigenvalue weighted by molar-refractivity contribution is 7.79. The second-order valence-electron chi connectivity index (χ2n) is 9.58. The van der Waals surface area contributed by atoms with Crippen LogP contribution in [0.25, 0.3) is 10.8 Å². The smallest absolute Gasteiger partial charge is 0.280 e. The minimum atomic E-state index is -2.38. The van der Waals surface area contributed by atoms with Crippen molar-refractivity contribution in [1.29, 1.82) is 0 Å². The van der Waals surface area contributed by atoms with E-state index >= 15 is 0 Å². The van der Waals surface area contributed by atoms with E-state index in [-0.39, 0.29) is 39.4 Å². The van der Waals surface area contributed by atoms with Crippen molar-refractivity contribution in [3.63, 3.8) is 0 Å². The molecule has 2 unspecified atom stereocenters. The number of aryl methyl sites for hydroxylation is 2. The van der Waals surface area contributed by atoms with E-state index in [1.807, 2.05) is 31.2 Å². The number of hydrazone groups is 1. The van der Waals surface area contributed by atoms with Gasteiger partial charge in [0.2, 0.25) is 0 Å². The molecule has 4 aromatic carbocycles. The van der Waals surface area contributed by atoms with Crippen molar-refractivity contribution in [2.75, 3.05) is 12.1 Å². The Morgan fingerprint density at radius 2 is 1.69 bits per heavy atom. The zero-order valence-electron chi connectivity index (χ0n) is 23.0. The lowest BCUT2D eigenvalue weighted by molar-refractivity contribution is -0.117. The summed E-state index contributed by atoms with van der Waals surface area (Å²) in [4.78, 5) is 12.9. The molecule has 0 radical (unpaired) electrons. The van der Waals surface area contributed by atoms with Crippen LogP contribution in [0.4, 0.5) is 22.7 Å². The highest BCUT2D eigenvalue weighted by atomic mass is 32.2. The van der Waals surface area contributed by atoms with Gasteiger partial charge in [0.15, 0.2) is 22.9 Å². The van der Waals surface area contributed by atoms with Crippen LogP contribution in [0.1, 0.15) is 18.1 Å². The largest absolute Gasteiger partial charge is 0.506 e. The van der Waals surface area contributed by atoms with Crippen LogP contribution in [0.15, 0.2) is 91.1 Å². The quantitative estimate of drug-likeness (QED) is 0.160. The molecule has 0 bridgehead atoms. The monoisotopic (exact) mass is 586 g/mol. The Labute approximate surface area is 243 Å². The Morgan fingerprint density at radius 3 is 2.38 bits per heavy atom. The van der Waals surface area contributed by atoms with Gasteiger partial charge in [0.25, 0.3) is 5.91 Å². The molecule has 2 atom stereocenters. The molecule has 214 valence electrons. The first kappa shape index (κ1) is 28.5. The second kappa shape index (κ2) is 11.5. The van der Waals surface area contributed by atoms with Crippen LogP contribution >= 0.6 is 0 Å². The van der Waals surface area contributed by atoms with Crippen LogP contribution in [-0.4, -0.2) is 43.7 Å². The van der Waals surface area contributed by atoms with Gasteiger partial charge in [0.1, 0.15) is 27.8 Å². The standard InChI is InChI=1S/C29H26N6O6S/c1-15-5-9-20(10-6-15)35-29(38)27(17(3)34-35)33-30-19-8-7-18-11-16(2)26(28(37)21(18)12-19)32-31-22-13-24(41-4)25(42(39)40)14-23(22)36/h5-14,27,36-37H,1-4H3,(H,39,40). The molecular formula is C29H26N6O6S. The fourth-order valence-corrected chi connectivity index (χ4v) is 4.91. The van der Waals surface area contributed by atoms with Crippen molar-refractivity contribution in [2.45, 2.75) is 31.7 Å². The number of phenolic OH excluding ortho intramolecular Hbond substituents is 2. The lowest BCUT2D eigenvalue weighted by Gasteiger charge is -2.12. The Kier molecular flexibility index (Phi) is 7.79. The van der Waals surface area contributed by atoms with E-state index in [2.05, 4.69) is 25.6 Å². The summed E-state index contributed by atoms with van der Waals surface area (Å²) in [5.41, 5.74) is 3.33. The number of phenols is 2. The van der Waals surface area contributed by atoms with E-state index in [0.29, 0.717) is 33.4 Å². The van der Waals surface area contributed by atoms with Crippen LogP contribution in [0, 0.1) is 13.8 Å². The van der Waals surface area contributed by atoms with Crippen molar-refractivity contribution in [3.05, 3.63) is 71.8 Å². The third kappa shape index (κ3) is 5.47. The third-order valence-corrected chi connectivity index (χ3v) is 7.33. The number of aromatic hydroxyl groups is 2. The molecule has 0 aliphatic carbocycles. The molecule has 1 aliphatic heterocycles. The molecule has 1 aliphatic rings.